The normalized spacial score (nSPS) is 16.3. The van der Waals surface area contributed by atoms with Crippen LogP contribution >= 0.6 is 0 Å². The highest BCUT2D eigenvalue weighted by atomic mass is 16.5. The molecule has 0 aliphatic carbocycles. The monoisotopic (exact) mass is 548 g/mol. The number of ether oxygens (including phenoxy) is 1. The number of amides is 1. The third-order valence-corrected chi connectivity index (χ3v) is 7.77. The van der Waals surface area contributed by atoms with Gasteiger partial charge in [0.1, 0.15) is 6.61 Å². The second kappa shape index (κ2) is 12.5. The second-order valence-corrected chi connectivity index (χ2v) is 10.9. The zero-order valence-corrected chi connectivity index (χ0v) is 23.3. The van der Waals surface area contributed by atoms with Gasteiger partial charge in [-0.3, -0.25) is 4.79 Å². The van der Waals surface area contributed by atoms with Crippen molar-refractivity contribution in [2.45, 2.75) is 37.8 Å². The number of rotatable bonds is 9. The fourth-order valence-electron chi connectivity index (χ4n) is 5.57. The van der Waals surface area contributed by atoms with E-state index in [1.807, 2.05) is 90.7 Å². The molecule has 3 N–H and O–H groups in total. The molecule has 1 aliphatic rings. The van der Waals surface area contributed by atoms with Crippen molar-refractivity contribution in [1.29, 1.82) is 0 Å². The Kier molecular flexibility index (Phi) is 8.62. The number of aliphatic hydroxyl groups excluding tert-OH is 1. The van der Waals surface area contributed by atoms with E-state index in [0.29, 0.717) is 18.5 Å². The first-order chi connectivity index (χ1) is 19.9. The summed E-state index contributed by atoms with van der Waals surface area (Å²) in [6.07, 6.45) is 2.16. The summed E-state index contributed by atoms with van der Waals surface area (Å²) in [4.78, 5) is 29.3. The summed E-state index contributed by atoms with van der Waals surface area (Å²) in [5.41, 5.74) is 10.8. The SMILES string of the molecule is Cc1ccccc1-c1cc(C(=O)OCC(N)(CO)Cc2ccccc2)cc(C(=O)N2CCCC2c2ccccc2)c1. The molecule has 1 aliphatic heterocycles. The highest BCUT2D eigenvalue weighted by molar-refractivity contribution is 6.00. The molecular formula is C35H36N2O4. The van der Waals surface area contributed by atoms with Crippen LogP contribution in [0.4, 0.5) is 0 Å². The van der Waals surface area contributed by atoms with Gasteiger partial charge in [-0.05, 0) is 72.2 Å². The van der Waals surface area contributed by atoms with Gasteiger partial charge in [0.25, 0.3) is 5.91 Å². The van der Waals surface area contributed by atoms with Crippen molar-refractivity contribution in [3.63, 3.8) is 0 Å². The smallest absolute Gasteiger partial charge is 0.338 e. The second-order valence-electron chi connectivity index (χ2n) is 10.9. The molecule has 6 heteroatoms. The van der Waals surface area contributed by atoms with Gasteiger partial charge in [-0.15, -0.1) is 0 Å². The Bertz CT molecular complexity index is 1510. The third-order valence-electron chi connectivity index (χ3n) is 7.77. The molecule has 1 amide bonds. The summed E-state index contributed by atoms with van der Waals surface area (Å²) >= 11 is 0. The molecule has 4 aromatic rings. The van der Waals surface area contributed by atoms with Crippen molar-refractivity contribution in [3.8, 4) is 11.1 Å². The summed E-state index contributed by atoms with van der Waals surface area (Å²) in [6.45, 7) is 2.13. The number of esters is 1. The summed E-state index contributed by atoms with van der Waals surface area (Å²) in [7, 11) is 0. The van der Waals surface area contributed by atoms with Gasteiger partial charge in [0, 0.05) is 12.1 Å². The molecule has 210 valence electrons. The lowest BCUT2D eigenvalue weighted by Crippen LogP contribution is -2.50. The van der Waals surface area contributed by atoms with Gasteiger partial charge in [-0.25, -0.2) is 4.79 Å². The van der Waals surface area contributed by atoms with Crippen molar-refractivity contribution in [1.82, 2.24) is 4.90 Å². The minimum absolute atomic E-state index is 0.0124. The molecule has 1 saturated heterocycles. The highest BCUT2D eigenvalue weighted by Crippen LogP contribution is 2.34. The van der Waals surface area contributed by atoms with Gasteiger partial charge < -0.3 is 20.5 Å². The van der Waals surface area contributed by atoms with Crippen LogP contribution in [0, 0.1) is 6.92 Å². The van der Waals surface area contributed by atoms with Crippen LogP contribution in [0.25, 0.3) is 11.1 Å². The maximum Gasteiger partial charge on any atom is 0.338 e. The third kappa shape index (κ3) is 6.56. The first-order valence-corrected chi connectivity index (χ1v) is 14.0. The minimum atomic E-state index is -1.14. The molecule has 5 rings (SSSR count). The van der Waals surface area contributed by atoms with Crippen molar-refractivity contribution in [2.75, 3.05) is 19.8 Å². The van der Waals surface area contributed by atoms with Crippen LogP contribution < -0.4 is 5.73 Å². The summed E-state index contributed by atoms with van der Waals surface area (Å²) in [5, 5.41) is 10.0. The number of benzene rings is 4. The van der Waals surface area contributed by atoms with E-state index in [0.717, 1.165) is 40.7 Å². The maximum atomic E-state index is 14.0. The number of likely N-dealkylation sites (tertiary alicyclic amines) is 1. The van der Waals surface area contributed by atoms with Crippen molar-refractivity contribution < 1.29 is 19.4 Å². The van der Waals surface area contributed by atoms with Crippen LogP contribution in [-0.2, 0) is 11.2 Å². The zero-order chi connectivity index (χ0) is 28.8. The van der Waals surface area contributed by atoms with Gasteiger partial charge >= 0.3 is 5.97 Å². The molecule has 1 fully saturated rings. The van der Waals surface area contributed by atoms with E-state index >= 15 is 0 Å². The largest absolute Gasteiger partial charge is 0.460 e. The van der Waals surface area contributed by atoms with Crippen LogP contribution in [0.2, 0.25) is 0 Å². The van der Waals surface area contributed by atoms with Gasteiger partial charge in [0.05, 0.1) is 23.8 Å². The Labute approximate surface area is 241 Å². The van der Waals surface area contributed by atoms with Gasteiger partial charge in [-0.2, -0.15) is 0 Å². The Morgan fingerprint density at radius 2 is 1.59 bits per heavy atom. The molecule has 2 atom stereocenters. The fraction of sp³-hybridized carbons (Fsp3) is 0.257. The summed E-state index contributed by atoms with van der Waals surface area (Å²) < 4.78 is 5.68. The summed E-state index contributed by atoms with van der Waals surface area (Å²) in [6, 6.07) is 32.7. The quantitative estimate of drug-likeness (QED) is 0.261. The lowest BCUT2D eigenvalue weighted by Gasteiger charge is -2.27. The Morgan fingerprint density at radius 3 is 2.29 bits per heavy atom. The van der Waals surface area contributed by atoms with E-state index in [4.69, 9.17) is 10.5 Å². The zero-order valence-electron chi connectivity index (χ0n) is 23.3. The topological polar surface area (TPSA) is 92.9 Å². The van der Waals surface area contributed by atoms with E-state index < -0.39 is 11.5 Å². The van der Waals surface area contributed by atoms with E-state index in [-0.39, 0.29) is 30.7 Å². The molecule has 2 unspecified atom stereocenters. The molecule has 0 saturated carbocycles. The lowest BCUT2D eigenvalue weighted by molar-refractivity contribution is 0.0331. The number of carbonyl (C=O) groups excluding carboxylic acids is 2. The molecule has 0 bridgehead atoms. The Morgan fingerprint density at radius 1 is 0.927 bits per heavy atom. The van der Waals surface area contributed by atoms with E-state index in [2.05, 4.69) is 12.1 Å². The molecule has 6 nitrogen and oxygen atoms in total. The number of hydrogen-bond acceptors (Lipinski definition) is 5. The number of nitrogens with zero attached hydrogens (tertiary/aromatic N) is 1. The average Bonchev–Trinajstić information content (AvgIpc) is 3.51. The van der Waals surface area contributed by atoms with Crippen molar-refractivity contribution in [3.05, 3.63) is 131 Å². The fourth-order valence-corrected chi connectivity index (χ4v) is 5.57. The molecule has 41 heavy (non-hydrogen) atoms. The van der Waals surface area contributed by atoms with Crippen LogP contribution in [0.5, 0.6) is 0 Å². The molecule has 4 aromatic carbocycles. The predicted octanol–water partition coefficient (Wildman–Crippen LogP) is 5.73. The summed E-state index contributed by atoms with van der Waals surface area (Å²) in [5.74, 6) is -0.708. The maximum absolute atomic E-state index is 14.0. The van der Waals surface area contributed by atoms with E-state index in [9.17, 15) is 14.7 Å². The van der Waals surface area contributed by atoms with Gasteiger partial charge in [0.15, 0.2) is 0 Å². The van der Waals surface area contributed by atoms with Crippen LogP contribution in [0.15, 0.2) is 103 Å². The van der Waals surface area contributed by atoms with Gasteiger partial charge in [-0.1, -0.05) is 84.9 Å². The Balaban J connectivity index is 1.44. The van der Waals surface area contributed by atoms with E-state index in [1.165, 1.54) is 0 Å². The van der Waals surface area contributed by atoms with Crippen molar-refractivity contribution in [2.24, 2.45) is 5.73 Å². The molecule has 0 aromatic heterocycles. The number of nitrogens with two attached hydrogens (primary N) is 1. The molecule has 1 heterocycles. The van der Waals surface area contributed by atoms with Crippen LogP contribution in [0.1, 0.15) is 56.3 Å². The standard InChI is InChI=1S/C35H36N2O4/c1-25-11-8-9-16-31(25)28-19-29(33(39)37-18-10-17-32(37)27-14-6-3-7-15-27)21-30(20-28)34(40)41-24-35(36,23-38)22-26-12-4-2-5-13-26/h2-9,11-16,19-21,32,38H,10,17-18,22-24,36H2,1H3. The highest BCUT2D eigenvalue weighted by Gasteiger charge is 2.32. The lowest BCUT2D eigenvalue weighted by atomic mass is 9.93. The number of aliphatic hydroxyl groups is 1. The molecular weight excluding hydrogens is 512 g/mol. The van der Waals surface area contributed by atoms with Crippen LogP contribution in [-0.4, -0.2) is 47.2 Å². The molecule has 0 radical (unpaired) electrons. The number of hydrogen-bond donors (Lipinski definition) is 2. The van der Waals surface area contributed by atoms with Crippen LogP contribution in [0.3, 0.4) is 0 Å². The first kappa shape index (κ1) is 28.3. The minimum Gasteiger partial charge on any atom is -0.460 e. The first-order valence-electron chi connectivity index (χ1n) is 14.0. The van der Waals surface area contributed by atoms with E-state index in [1.54, 1.807) is 12.1 Å². The van der Waals surface area contributed by atoms with Gasteiger partial charge in [0.2, 0.25) is 0 Å². The predicted molar refractivity (Wildman–Crippen MR) is 161 cm³/mol. The number of aryl methyl sites for hydroxylation is 1. The molecule has 0 spiro atoms. The average molecular weight is 549 g/mol. The number of carbonyl (C=O) groups is 2. The van der Waals surface area contributed by atoms with Crippen molar-refractivity contribution >= 4 is 11.9 Å². The Hall–Kier alpha value is -4.26.